The summed E-state index contributed by atoms with van der Waals surface area (Å²) in [5.74, 6) is -1.29. The molecule has 0 aliphatic carbocycles. The molecule has 4 heterocycles. The molecular weight excluding hydrogens is 913 g/mol. The molecule has 0 saturated carbocycles. The fourth-order valence-corrected chi connectivity index (χ4v) is 6.03. The molecule has 0 spiro atoms. The zero-order valence-electron chi connectivity index (χ0n) is 29.9. The molecular formula is C34H42F2N6O12Os. The van der Waals surface area contributed by atoms with Crippen LogP contribution in [0.5, 0.6) is 0 Å². The molecule has 302 valence electrons. The van der Waals surface area contributed by atoms with Gasteiger partial charge < -0.3 is 40.1 Å². The van der Waals surface area contributed by atoms with Gasteiger partial charge in [-0.15, -0.1) is 0 Å². The molecule has 0 radical (unpaired) electrons. The second-order valence-corrected chi connectivity index (χ2v) is 15.3. The second kappa shape index (κ2) is 19.0. The Morgan fingerprint density at radius 3 is 1.62 bits per heavy atom. The van der Waals surface area contributed by atoms with Gasteiger partial charge in [-0.1, -0.05) is 12.2 Å². The van der Waals surface area contributed by atoms with Crippen LogP contribution in [-0.2, 0) is 48.1 Å². The third-order valence-corrected chi connectivity index (χ3v) is 8.68. The van der Waals surface area contributed by atoms with Crippen molar-refractivity contribution >= 4 is 46.8 Å². The fourth-order valence-electron chi connectivity index (χ4n) is 6.03. The van der Waals surface area contributed by atoms with Crippen molar-refractivity contribution in [3.8, 4) is 0 Å². The van der Waals surface area contributed by atoms with Gasteiger partial charge in [0.15, 0.2) is 0 Å². The number of piperidine rings is 1. The number of cyclic esters (lactones) is 2. The zero-order valence-corrected chi connectivity index (χ0v) is 32.4. The van der Waals surface area contributed by atoms with Gasteiger partial charge >= 0.3 is 41.2 Å². The Labute approximate surface area is 316 Å². The molecule has 4 amide bonds. The molecule has 18 nitrogen and oxygen atoms in total. The molecule has 2 aromatic carbocycles. The number of nitrogens with zero attached hydrogens (tertiary/aromatic N) is 4. The molecule has 0 unspecified atom stereocenters. The van der Waals surface area contributed by atoms with Crippen LogP contribution in [0.2, 0.25) is 0 Å². The van der Waals surface area contributed by atoms with Crippen LogP contribution >= 0.6 is 0 Å². The molecule has 2 aromatic rings. The van der Waals surface area contributed by atoms with E-state index in [4.69, 9.17) is 23.6 Å². The van der Waals surface area contributed by atoms with E-state index in [0.717, 1.165) is 13.0 Å². The molecule has 0 bridgehead atoms. The number of carbonyl (C=O) groups is 4. The van der Waals surface area contributed by atoms with E-state index in [1.165, 1.54) is 35.8 Å². The van der Waals surface area contributed by atoms with Crippen molar-refractivity contribution in [1.29, 1.82) is 0 Å². The van der Waals surface area contributed by atoms with Gasteiger partial charge in [0, 0.05) is 40.0 Å². The van der Waals surface area contributed by atoms with E-state index in [1.807, 2.05) is 11.0 Å². The normalized spacial score (nSPS) is 22.1. The predicted octanol–water partition coefficient (Wildman–Crippen LogP) is 1.79. The number of hydrogen-bond acceptors (Lipinski definition) is 14. The van der Waals surface area contributed by atoms with Crippen molar-refractivity contribution in [3.05, 3.63) is 60.2 Å². The number of hydrogen-bond donors (Lipinski definition) is 4. The third kappa shape index (κ3) is 12.7. The number of ether oxygens (including phenoxy) is 2. The van der Waals surface area contributed by atoms with Crippen molar-refractivity contribution in [3.63, 3.8) is 0 Å². The predicted molar refractivity (Wildman–Crippen MR) is 183 cm³/mol. The summed E-state index contributed by atoms with van der Waals surface area (Å²) >= 11 is -6.06. The first kappa shape index (κ1) is 42.6. The first-order valence-electron chi connectivity index (χ1n) is 17.0. The number of aliphatic hydroxyl groups excluding tert-OH is 2. The van der Waals surface area contributed by atoms with Gasteiger partial charge in [-0.2, -0.15) is 0 Å². The van der Waals surface area contributed by atoms with Crippen LogP contribution in [0, 0.1) is 11.6 Å². The van der Waals surface area contributed by atoms with Crippen LogP contribution in [-0.4, -0.2) is 111 Å². The summed E-state index contributed by atoms with van der Waals surface area (Å²) in [6.07, 6.45) is 1.57. The van der Waals surface area contributed by atoms with Crippen molar-refractivity contribution in [2.24, 2.45) is 0 Å². The number of rotatable bonds is 8. The van der Waals surface area contributed by atoms with Gasteiger partial charge in [0.2, 0.25) is 11.8 Å². The van der Waals surface area contributed by atoms with Crippen LogP contribution in [0.1, 0.15) is 26.7 Å². The van der Waals surface area contributed by atoms with E-state index in [1.54, 1.807) is 29.2 Å². The maximum absolute atomic E-state index is 14.6. The first-order chi connectivity index (χ1) is 25.9. The zero-order chi connectivity index (χ0) is 40.4. The summed E-state index contributed by atoms with van der Waals surface area (Å²) in [5.41, 5.74) is 1.66. The molecule has 55 heavy (non-hydrogen) atoms. The maximum atomic E-state index is 14.6. The van der Waals surface area contributed by atoms with Gasteiger partial charge in [-0.05, 0) is 49.2 Å². The summed E-state index contributed by atoms with van der Waals surface area (Å²) in [6, 6.07) is 9.17. The summed E-state index contributed by atoms with van der Waals surface area (Å²) in [5, 5.41) is 24.5. The van der Waals surface area contributed by atoms with Gasteiger partial charge in [-0.25, -0.2) is 18.4 Å². The monoisotopic (exact) mass is 956 g/mol. The molecule has 4 aliphatic rings. The Morgan fingerprint density at radius 2 is 1.22 bits per heavy atom. The number of anilines is 4. The minimum absolute atomic E-state index is 0.141. The van der Waals surface area contributed by atoms with E-state index in [2.05, 4.69) is 16.7 Å². The summed E-state index contributed by atoms with van der Waals surface area (Å²) in [6.45, 7) is 5.75. The Morgan fingerprint density at radius 1 is 0.745 bits per heavy atom. The van der Waals surface area contributed by atoms with Crippen molar-refractivity contribution < 1.29 is 76.6 Å². The number of nitrogens with one attached hydrogen (secondary N) is 2. The molecule has 6 rings (SSSR count). The van der Waals surface area contributed by atoms with Crippen molar-refractivity contribution in [2.75, 3.05) is 72.0 Å². The van der Waals surface area contributed by atoms with E-state index < -0.39 is 57.3 Å². The number of benzene rings is 2. The Kier molecular flexibility index (Phi) is 14.7. The number of β-amino-alcohol motifs (C(OH)–C–C–N with tert-alkyl or cyclic N) is 1. The van der Waals surface area contributed by atoms with Crippen LogP contribution in [0.25, 0.3) is 0 Å². The summed E-state index contributed by atoms with van der Waals surface area (Å²) in [4.78, 5) is 52.2. The average Bonchev–Trinajstić information content (AvgIpc) is 3.68. The van der Waals surface area contributed by atoms with E-state index in [0.29, 0.717) is 42.3 Å². The van der Waals surface area contributed by atoms with Gasteiger partial charge in [0.1, 0.15) is 23.8 Å². The van der Waals surface area contributed by atoms with Gasteiger partial charge in [-0.3, -0.25) is 19.4 Å². The topological polar surface area (TPSA) is 232 Å². The summed E-state index contributed by atoms with van der Waals surface area (Å²) < 4.78 is 73.9. The Balaban J connectivity index is 0.000000219. The minimum atomic E-state index is -6.06. The number of halogens is 2. The molecule has 4 N–H and O–H groups in total. The van der Waals surface area contributed by atoms with Crippen LogP contribution in [0.3, 0.4) is 0 Å². The van der Waals surface area contributed by atoms with Crippen LogP contribution in [0.15, 0.2) is 48.6 Å². The van der Waals surface area contributed by atoms with E-state index in [9.17, 15) is 38.2 Å². The standard InChI is InChI=1S/C17H22FN3O5.C17H20FN3O3.4O.Os/c1-10(22)19-7-12-8-21(17(25)26-12)11-2-3-14(13(18)6-11)20-5-4-15(23)16(24)9-20;1-12(22)19-10-14-11-21(17(23)24-14)13-5-6-16(15(18)9-13)20-7-3-2-4-8-20;;;;;/h2-3,6,12,15-16,23-24H,4-5,7-9H2,1H3,(H,19,22);2-3,5-6,9,14H,4,7-8,10-11H2,1H3,(H,19,22);;;;;/t12-,15+,16-;14-;;;;;/m00...../s1. The Hall–Kier alpha value is -5.12. The van der Waals surface area contributed by atoms with E-state index in [-0.39, 0.29) is 50.4 Å². The SMILES string of the molecule is CC(=O)NC[C@H]1CN(c2ccc(N3CC=CCC3)c(F)c2)C(=O)O1.CC(=O)NC[C@H]1CN(c2ccc(N3CC[C@@H](O)[C@@H](O)C3)c(F)c2)C(=O)O1.[O]=[Os](=[O])(=[O])=[O]. The van der Waals surface area contributed by atoms with Crippen molar-refractivity contribution in [2.45, 2.75) is 51.1 Å². The van der Waals surface area contributed by atoms with Gasteiger partial charge in [0.05, 0.1) is 61.1 Å². The number of aliphatic hydroxyl groups is 2. The fraction of sp³-hybridized carbons (Fsp3) is 0.471. The number of carbonyl (C=O) groups excluding carboxylic acids is 4. The molecule has 4 aliphatic heterocycles. The van der Waals surface area contributed by atoms with Crippen LogP contribution in [0.4, 0.5) is 41.1 Å². The molecule has 3 saturated heterocycles. The molecule has 21 heteroatoms. The molecule has 4 atom stereocenters. The second-order valence-electron chi connectivity index (χ2n) is 12.8. The average molecular weight is 955 g/mol. The Bertz CT molecular complexity index is 1980. The van der Waals surface area contributed by atoms with Crippen LogP contribution < -0.4 is 30.2 Å². The molecule has 0 aromatic heterocycles. The quantitative estimate of drug-likeness (QED) is 0.277. The first-order valence-corrected chi connectivity index (χ1v) is 21.2. The van der Waals surface area contributed by atoms with E-state index >= 15 is 0 Å². The third-order valence-electron chi connectivity index (χ3n) is 8.68. The summed E-state index contributed by atoms with van der Waals surface area (Å²) in [7, 11) is 0. The van der Waals surface area contributed by atoms with Crippen molar-refractivity contribution in [1.82, 2.24) is 10.6 Å². The number of amides is 4. The van der Waals surface area contributed by atoms with Gasteiger partial charge in [0.25, 0.3) is 0 Å². The molecule has 3 fully saturated rings.